The van der Waals surface area contributed by atoms with Crippen molar-refractivity contribution in [3.05, 3.63) is 18.2 Å². The molecule has 4 nitrogen and oxygen atoms in total. The maximum Gasteiger partial charge on any atom is 0.0877 e. The Kier molecular flexibility index (Phi) is 4.38. The largest absolute Gasteiger partial charge is 0.399 e. The van der Waals surface area contributed by atoms with Crippen LogP contribution in [0.4, 0.5) is 11.4 Å². The minimum atomic E-state index is 0.307. The molecule has 110 valence electrons. The maximum absolute atomic E-state index is 5.95. The lowest BCUT2D eigenvalue weighted by Crippen LogP contribution is -2.48. The molecule has 0 radical (unpaired) electrons. The van der Waals surface area contributed by atoms with Gasteiger partial charge < -0.3 is 15.4 Å². The number of ether oxygens (including phenoxy) is 1. The predicted molar refractivity (Wildman–Crippen MR) is 85.6 cm³/mol. The molecule has 1 fully saturated rings. The van der Waals surface area contributed by atoms with Gasteiger partial charge in [-0.05, 0) is 24.7 Å². The summed E-state index contributed by atoms with van der Waals surface area (Å²) in [6, 6.07) is 6.23. The second-order valence-electron chi connectivity index (χ2n) is 5.41. The van der Waals surface area contributed by atoms with E-state index >= 15 is 0 Å². The fourth-order valence-electron chi connectivity index (χ4n) is 2.90. The van der Waals surface area contributed by atoms with E-state index < -0.39 is 0 Å². The Morgan fingerprint density at radius 1 is 1.40 bits per heavy atom. The standard InChI is InChI=1S/C15H23N3OS/c1-2-17-5-7-19-13(10-17)11-18-6-8-20-15-4-3-12(16)9-14(15)18/h3-4,9,13H,2,5-8,10-11,16H2,1H3. The van der Waals surface area contributed by atoms with Crippen molar-refractivity contribution >= 4 is 23.1 Å². The maximum atomic E-state index is 5.95. The van der Waals surface area contributed by atoms with Gasteiger partial charge in [0.15, 0.2) is 0 Å². The number of hydrogen-bond acceptors (Lipinski definition) is 5. The normalized spacial score (nSPS) is 23.6. The van der Waals surface area contributed by atoms with E-state index in [1.54, 1.807) is 0 Å². The van der Waals surface area contributed by atoms with Crippen molar-refractivity contribution in [2.45, 2.75) is 17.9 Å². The molecule has 2 aliphatic rings. The second-order valence-corrected chi connectivity index (χ2v) is 6.54. The van der Waals surface area contributed by atoms with Crippen LogP contribution in [-0.4, -0.2) is 56.1 Å². The zero-order valence-electron chi connectivity index (χ0n) is 12.0. The van der Waals surface area contributed by atoms with E-state index in [1.165, 1.54) is 10.6 Å². The lowest BCUT2D eigenvalue weighted by Gasteiger charge is -2.38. The van der Waals surface area contributed by atoms with Crippen molar-refractivity contribution in [1.82, 2.24) is 4.90 Å². The van der Waals surface area contributed by atoms with Gasteiger partial charge in [-0.25, -0.2) is 0 Å². The van der Waals surface area contributed by atoms with Crippen molar-refractivity contribution in [3.63, 3.8) is 0 Å². The molecule has 20 heavy (non-hydrogen) atoms. The Hall–Kier alpha value is -0.910. The molecule has 0 aromatic heterocycles. The van der Waals surface area contributed by atoms with Gasteiger partial charge in [0.25, 0.3) is 0 Å². The molecule has 1 atom stereocenters. The van der Waals surface area contributed by atoms with E-state index in [4.69, 9.17) is 10.5 Å². The fraction of sp³-hybridized carbons (Fsp3) is 0.600. The van der Waals surface area contributed by atoms with Gasteiger partial charge in [0, 0.05) is 42.5 Å². The molecule has 0 amide bonds. The Balaban J connectivity index is 1.71. The Labute approximate surface area is 125 Å². The average Bonchev–Trinajstić information content (AvgIpc) is 2.48. The van der Waals surface area contributed by atoms with Crippen molar-refractivity contribution in [1.29, 1.82) is 0 Å². The van der Waals surface area contributed by atoms with Crippen molar-refractivity contribution < 1.29 is 4.74 Å². The summed E-state index contributed by atoms with van der Waals surface area (Å²) in [5.41, 5.74) is 8.07. The molecule has 0 aliphatic carbocycles. The highest BCUT2D eigenvalue weighted by Gasteiger charge is 2.25. The van der Waals surface area contributed by atoms with Crippen LogP contribution in [0.5, 0.6) is 0 Å². The van der Waals surface area contributed by atoms with Gasteiger partial charge in [0.05, 0.1) is 18.4 Å². The number of nitrogens with two attached hydrogens (primary N) is 1. The minimum absolute atomic E-state index is 0.307. The Morgan fingerprint density at radius 3 is 3.15 bits per heavy atom. The van der Waals surface area contributed by atoms with E-state index in [-0.39, 0.29) is 0 Å². The lowest BCUT2D eigenvalue weighted by atomic mass is 10.2. The summed E-state index contributed by atoms with van der Waals surface area (Å²) in [5, 5.41) is 0. The van der Waals surface area contributed by atoms with Crippen LogP contribution in [-0.2, 0) is 4.74 Å². The second kappa shape index (κ2) is 6.24. The van der Waals surface area contributed by atoms with E-state index in [9.17, 15) is 0 Å². The smallest absolute Gasteiger partial charge is 0.0877 e. The van der Waals surface area contributed by atoms with E-state index in [0.717, 1.165) is 50.8 Å². The molecule has 1 unspecified atom stereocenters. The number of hydrogen-bond donors (Lipinski definition) is 1. The summed E-state index contributed by atoms with van der Waals surface area (Å²) >= 11 is 1.92. The topological polar surface area (TPSA) is 41.7 Å². The van der Waals surface area contributed by atoms with Crippen LogP contribution in [0.3, 0.4) is 0 Å². The summed E-state index contributed by atoms with van der Waals surface area (Å²) in [5.74, 6) is 1.14. The molecule has 1 aromatic rings. The van der Waals surface area contributed by atoms with Crippen molar-refractivity contribution in [2.24, 2.45) is 0 Å². The molecule has 3 rings (SSSR count). The highest BCUT2D eigenvalue weighted by molar-refractivity contribution is 7.99. The summed E-state index contributed by atoms with van der Waals surface area (Å²) in [6.45, 7) is 8.32. The molecule has 2 N–H and O–H groups in total. The summed E-state index contributed by atoms with van der Waals surface area (Å²) in [4.78, 5) is 6.24. The summed E-state index contributed by atoms with van der Waals surface area (Å²) in [6.07, 6.45) is 0.307. The van der Waals surface area contributed by atoms with Gasteiger partial charge in [0.1, 0.15) is 0 Å². The van der Waals surface area contributed by atoms with Crippen LogP contribution in [0.2, 0.25) is 0 Å². The summed E-state index contributed by atoms with van der Waals surface area (Å²) < 4.78 is 5.94. The van der Waals surface area contributed by atoms with Gasteiger partial charge in [-0.3, -0.25) is 4.90 Å². The summed E-state index contributed by atoms with van der Waals surface area (Å²) in [7, 11) is 0. The number of anilines is 2. The third-order valence-corrected chi connectivity index (χ3v) is 5.08. The third-order valence-electron chi connectivity index (χ3n) is 4.04. The van der Waals surface area contributed by atoms with Crippen LogP contribution < -0.4 is 10.6 Å². The van der Waals surface area contributed by atoms with Crippen LogP contribution in [0.1, 0.15) is 6.92 Å². The Bertz CT molecular complexity index is 468. The van der Waals surface area contributed by atoms with Gasteiger partial charge in [-0.2, -0.15) is 0 Å². The molecular formula is C15H23N3OS. The zero-order valence-corrected chi connectivity index (χ0v) is 12.9. The Morgan fingerprint density at radius 2 is 2.30 bits per heavy atom. The molecule has 0 spiro atoms. The minimum Gasteiger partial charge on any atom is -0.399 e. The van der Waals surface area contributed by atoms with Crippen LogP contribution in [0.15, 0.2) is 23.1 Å². The van der Waals surface area contributed by atoms with Gasteiger partial charge >= 0.3 is 0 Å². The number of nitrogen functional groups attached to an aromatic ring is 1. The van der Waals surface area contributed by atoms with Crippen molar-refractivity contribution in [3.8, 4) is 0 Å². The van der Waals surface area contributed by atoms with Crippen LogP contribution in [0.25, 0.3) is 0 Å². The first-order valence-electron chi connectivity index (χ1n) is 7.37. The van der Waals surface area contributed by atoms with Gasteiger partial charge in [-0.1, -0.05) is 6.92 Å². The van der Waals surface area contributed by atoms with E-state index in [1.807, 2.05) is 17.8 Å². The van der Waals surface area contributed by atoms with Crippen LogP contribution >= 0.6 is 11.8 Å². The number of rotatable bonds is 3. The molecule has 1 aromatic carbocycles. The molecular weight excluding hydrogens is 270 g/mol. The fourth-order valence-corrected chi connectivity index (χ4v) is 3.94. The SMILES string of the molecule is CCN1CCOC(CN2CCSc3ccc(N)cc32)C1. The van der Waals surface area contributed by atoms with E-state index in [2.05, 4.69) is 28.9 Å². The van der Waals surface area contributed by atoms with Crippen molar-refractivity contribution in [2.75, 3.05) is 55.7 Å². The number of morpholine rings is 1. The monoisotopic (exact) mass is 293 g/mol. The average molecular weight is 293 g/mol. The molecule has 1 saturated heterocycles. The highest BCUT2D eigenvalue weighted by atomic mass is 32.2. The first kappa shape index (κ1) is 14.0. The first-order valence-corrected chi connectivity index (χ1v) is 8.36. The number of benzene rings is 1. The van der Waals surface area contributed by atoms with Gasteiger partial charge in [-0.15, -0.1) is 11.8 Å². The lowest BCUT2D eigenvalue weighted by molar-refractivity contribution is -0.0220. The molecule has 0 bridgehead atoms. The molecule has 2 heterocycles. The number of fused-ring (bicyclic) bond motifs is 1. The molecule has 2 aliphatic heterocycles. The third kappa shape index (κ3) is 3.05. The highest BCUT2D eigenvalue weighted by Crippen LogP contribution is 2.36. The number of likely N-dealkylation sites (N-methyl/N-ethyl adjacent to an activating group) is 1. The van der Waals surface area contributed by atoms with Crippen LogP contribution in [0, 0.1) is 0 Å². The zero-order chi connectivity index (χ0) is 13.9. The number of thioether (sulfide) groups is 1. The van der Waals surface area contributed by atoms with E-state index in [0.29, 0.717) is 6.10 Å². The quantitative estimate of drug-likeness (QED) is 0.862. The first-order chi connectivity index (χ1) is 9.76. The molecule has 0 saturated carbocycles. The predicted octanol–water partition coefficient (Wildman–Crippen LogP) is 1.90. The van der Waals surface area contributed by atoms with Gasteiger partial charge in [0.2, 0.25) is 0 Å². The molecule has 5 heteroatoms. The number of nitrogens with zero attached hydrogens (tertiary/aromatic N) is 2.